The fourth-order valence-corrected chi connectivity index (χ4v) is 3.02. The number of benzene rings is 1. The van der Waals surface area contributed by atoms with Gasteiger partial charge in [0, 0.05) is 32.7 Å². The molecule has 1 aromatic rings. The van der Waals surface area contributed by atoms with Crippen molar-refractivity contribution in [2.45, 2.75) is 6.54 Å². The van der Waals surface area contributed by atoms with Gasteiger partial charge in [-0.2, -0.15) is 0 Å². The Balaban J connectivity index is 1.84. The standard InChI is InChI=1S/C14H21BrN4O2/c1-21-13-3-2-11(8-12(13)15)9-18-4-6-19(7-5-18)10-14(16)17-20/h2-3,8,20H,4-7,9-10H2,1H3,(H2,16,17). The van der Waals surface area contributed by atoms with Crippen molar-refractivity contribution in [2.24, 2.45) is 10.9 Å². The summed E-state index contributed by atoms with van der Waals surface area (Å²) in [6.07, 6.45) is 0. The van der Waals surface area contributed by atoms with Crippen molar-refractivity contribution < 1.29 is 9.94 Å². The number of rotatable bonds is 5. The minimum atomic E-state index is 0.266. The van der Waals surface area contributed by atoms with Crippen molar-refractivity contribution in [1.82, 2.24) is 9.80 Å². The van der Waals surface area contributed by atoms with Crippen molar-refractivity contribution in [3.63, 3.8) is 0 Å². The van der Waals surface area contributed by atoms with Crippen LogP contribution >= 0.6 is 15.9 Å². The number of piperazine rings is 1. The molecule has 0 bridgehead atoms. The van der Waals surface area contributed by atoms with Crippen molar-refractivity contribution in [3.05, 3.63) is 28.2 Å². The summed E-state index contributed by atoms with van der Waals surface area (Å²) in [5.41, 5.74) is 6.79. The molecule has 2 rings (SSSR count). The Morgan fingerprint density at radius 1 is 1.33 bits per heavy atom. The molecule has 1 heterocycles. The van der Waals surface area contributed by atoms with E-state index < -0.39 is 0 Å². The first-order valence-corrected chi connectivity index (χ1v) is 7.65. The lowest BCUT2D eigenvalue weighted by molar-refractivity contribution is 0.139. The monoisotopic (exact) mass is 356 g/mol. The van der Waals surface area contributed by atoms with Gasteiger partial charge in [-0.25, -0.2) is 0 Å². The highest BCUT2D eigenvalue weighted by atomic mass is 79.9. The first-order chi connectivity index (χ1) is 10.1. The predicted octanol–water partition coefficient (Wildman–Crippen LogP) is 1.32. The average Bonchev–Trinajstić information content (AvgIpc) is 2.49. The van der Waals surface area contributed by atoms with Crippen LogP contribution in [0.15, 0.2) is 27.8 Å². The molecule has 1 fully saturated rings. The largest absolute Gasteiger partial charge is 0.496 e. The lowest BCUT2D eigenvalue weighted by Gasteiger charge is -2.34. The van der Waals surface area contributed by atoms with E-state index in [-0.39, 0.29) is 5.84 Å². The Hall–Kier alpha value is -1.31. The van der Waals surface area contributed by atoms with Crippen LogP contribution in [0, 0.1) is 0 Å². The van der Waals surface area contributed by atoms with Gasteiger partial charge in [-0.3, -0.25) is 9.80 Å². The third kappa shape index (κ3) is 4.59. The minimum Gasteiger partial charge on any atom is -0.496 e. The van der Waals surface area contributed by atoms with Crippen LogP contribution in [0.1, 0.15) is 5.56 Å². The van der Waals surface area contributed by atoms with Gasteiger partial charge in [-0.15, -0.1) is 0 Å². The molecule has 0 aliphatic carbocycles. The Bertz CT molecular complexity index is 502. The normalized spacial score (nSPS) is 17.9. The van der Waals surface area contributed by atoms with Crippen LogP contribution < -0.4 is 10.5 Å². The predicted molar refractivity (Wildman–Crippen MR) is 85.8 cm³/mol. The van der Waals surface area contributed by atoms with E-state index in [1.165, 1.54) is 5.56 Å². The minimum absolute atomic E-state index is 0.266. The zero-order valence-electron chi connectivity index (χ0n) is 12.1. The Morgan fingerprint density at radius 3 is 2.57 bits per heavy atom. The molecule has 0 spiro atoms. The maximum Gasteiger partial charge on any atom is 0.153 e. The lowest BCUT2D eigenvalue weighted by Crippen LogP contribution is -2.48. The molecule has 116 valence electrons. The molecule has 1 aliphatic rings. The van der Waals surface area contributed by atoms with E-state index in [2.05, 4.69) is 43.0 Å². The van der Waals surface area contributed by atoms with Crippen LogP contribution in [0.4, 0.5) is 0 Å². The summed E-state index contributed by atoms with van der Waals surface area (Å²) in [7, 11) is 1.67. The maximum atomic E-state index is 8.59. The van der Waals surface area contributed by atoms with Gasteiger partial charge in [0.05, 0.1) is 18.1 Å². The summed E-state index contributed by atoms with van der Waals surface area (Å²) < 4.78 is 6.22. The van der Waals surface area contributed by atoms with Gasteiger partial charge in [-0.1, -0.05) is 11.2 Å². The van der Waals surface area contributed by atoms with Crippen LogP contribution in [0.3, 0.4) is 0 Å². The average molecular weight is 357 g/mol. The van der Waals surface area contributed by atoms with E-state index in [0.717, 1.165) is 42.9 Å². The summed E-state index contributed by atoms with van der Waals surface area (Å²) in [5, 5.41) is 11.6. The number of hydrogen-bond acceptors (Lipinski definition) is 5. The molecule has 3 N–H and O–H groups in total. The summed E-state index contributed by atoms with van der Waals surface area (Å²) >= 11 is 3.51. The molecule has 0 unspecified atom stereocenters. The van der Waals surface area contributed by atoms with Gasteiger partial charge in [0.2, 0.25) is 0 Å². The van der Waals surface area contributed by atoms with E-state index in [9.17, 15) is 0 Å². The number of amidine groups is 1. The topological polar surface area (TPSA) is 74.3 Å². The van der Waals surface area contributed by atoms with E-state index in [1.807, 2.05) is 6.07 Å². The molecule has 7 heteroatoms. The van der Waals surface area contributed by atoms with Crippen LogP contribution in [-0.4, -0.2) is 60.7 Å². The number of hydrogen-bond donors (Lipinski definition) is 2. The van der Waals surface area contributed by atoms with Crippen molar-refractivity contribution in [2.75, 3.05) is 39.8 Å². The quantitative estimate of drug-likeness (QED) is 0.360. The second-order valence-corrected chi connectivity index (χ2v) is 5.97. The van der Waals surface area contributed by atoms with Gasteiger partial charge in [0.1, 0.15) is 5.75 Å². The molecule has 1 aliphatic heterocycles. The first kappa shape index (κ1) is 16.1. The molecule has 0 atom stereocenters. The summed E-state index contributed by atoms with van der Waals surface area (Å²) in [4.78, 5) is 4.59. The smallest absolute Gasteiger partial charge is 0.153 e. The van der Waals surface area contributed by atoms with E-state index in [4.69, 9.17) is 15.7 Å². The molecule has 0 amide bonds. The molecule has 0 aromatic heterocycles. The van der Waals surface area contributed by atoms with Gasteiger partial charge in [-0.05, 0) is 33.6 Å². The fraction of sp³-hybridized carbons (Fsp3) is 0.500. The highest BCUT2D eigenvalue weighted by molar-refractivity contribution is 9.10. The number of nitrogens with zero attached hydrogens (tertiary/aromatic N) is 3. The molecular weight excluding hydrogens is 336 g/mol. The molecule has 0 saturated carbocycles. The van der Waals surface area contributed by atoms with Gasteiger partial charge in [0.25, 0.3) is 0 Å². The van der Waals surface area contributed by atoms with Crippen LogP contribution in [0.5, 0.6) is 5.75 Å². The molecular formula is C14H21BrN4O2. The number of oxime groups is 1. The highest BCUT2D eigenvalue weighted by Crippen LogP contribution is 2.26. The van der Waals surface area contributed by atoms with Crippen LogP contribution in [0.2, 0.25) is 0 Å². The molecule has 21 heavy (non-hydrogen) atoms. The third-order valence-electron chi connectivity index (χ3n) is 3.60. The van der Waals surface area contributed by atoms with Crippen molar-refractivity contribution in [1.29, 1.82) is 0 Å². The Morgan fingerprint density at radius 2 is 2.00 bits per heavy atom. The van der Waals surface area contributed by atoms with Crippen LogP contribution in [0.25, 0.3) is 0 Å². The number of halogens is 1. The van der Waals surface area contributed by atoms with E-state index in [1.54, 1.807) is 7.11 Å². The second kappa shape index (κ2) is 7.63. The molecule has 1 saturated heterocycles. The first-order valence-electron chi connectivity index (χ1n) is 6.86. The van der Waals surface area contributed by atoms with Crippen molar-refractivity contribution in [3.8, 4) is 5.75 Å². The SMILES string of the molecule is COc1ccc(CN2CCN(CC(N)=NO)CC2)cc1Br. The molecule has 6 nitrogen and oxygen atoms in total. The number of ether oxygens (including phenoxy) is 1. The van der Waals surface area contributed by atoms with E-state index in [0.29, 0.717) is 6.54 Å². The Kier molecular flexibility index (Phi) is 5.84. The van der Waals surface area contributed by atoms with Gasteiger partial charge in [0.15, 0.2) is 5.84 Å². The second-order valence-electron chi connectivity index (χ2n) is 5.11. The maximum absolute atomic E-state index is 8.59. The molecule has 0 radical (unpaired) electrons. The van der Waals surface area contributed by atoms with Gasteiger partial charge < -0.3 is 15.7 Å². The zero-order chi connectivity index (χ0) is 15.2. The summed E-state index contributed by atoms with van der Waals surface area (Å²) in [6, 6.07) is 6.17. The van der Waals surface area contributed by atoms with Crippen LogP contribution in [-0.2, 0) is 6.54 Å². The summed E-state index contributed by atoms with van der Waals surface area (Å²) in [6.45, 7) is 5.24. The fourth-order valence-electron chi connectivity index (χ4n) is 2.43. The zero-order valence-corrected chi connectivity index (χ0v) is 13.7. The number of nitrogens with two attached hydrogens (primary N) is 1. The molecule has 1 aromatic carbocycles. The van der Waals surface area contributed by atoms with E-state index >= 15 is 0 Å². The third-order valence-corrected chi connectivity index (χ3v) is 4.22. The number of methoxy groups -OCH3 is 1. The van der Waals surface area contributed by atoms with Crippen molar-refractivity contribution >= 4 is 21.8 Å². The van der Waals surface area contributed by atoms with Gasteiger partial charge >= 0.3 is 0 Å². The highest BCUT2D eigenvalue weighted by Gasteiger charge is 2.18. The lowest BCUT2D eigenvalue weighted by atomic mass is 10.2. The summed E-state index contributed by atoms with van der Waals surface area (Å²) in [5.74, 6) is 1.12. The Labute approximate surface area is 133 Å².